The lowest BCUT2D eigenvalue weighted by Gasteiger charge is -2.12. The van der Waals surface area contributed by atoms with Gasteiger partial charge in [-0.2, -0.15) is 10.1 Å². The minimum absolute atomic E-state index is 0.332. The molecule has 3 rings (SSSR count). The molecule has 1 heterocycles. The van der Waals surface area contributed by atoms with Crippen LogP contribution < -0.4 is 20.1 Å². The second-order valence-electron chi connectivity index (χ2n) is 5.44. The average Bonchev–Trinajstić information content (AvgIpc) is 2.65. The first-order valence-electron chi connectivity index (χ1n) is 7.81. The van der Waals surface area contributed by atoms with Crippen molar-refractivity contribution in [3.05, 3.63) is 53.2 Å². The van der Waals surface area contributed by atoms with Crippen molar-refractivity contribution in [1.82, 2.24) is 15.2 Å². The summed E-state index contributed by atoms with van der Waals surface area (Å²) in [6.45, 7) is 1.98. The summed E-state index contributed by atoms with van der Waals surface area (Å²) >= 11 is 6.05. The molecule has 134 valence electrons. The van der Waals surface area contributed by atoms with Crippen molar-refractivity contribution < 1.29 is 9.47 Å². The van der Waals surface area contributed by atoms with Gasteiger partial charge in [-0.1, -0.05) is 17.7 Å². The molecule has 3 aromatic rings. The predicted molar refractivity (Wildman–Crippen MR) is 102 cm³/mol. The van der Waals surface area contributed by atoms with E-state index in [9.17, 15) is 0 Å². The number of nitrogens with zero attached hydrogens (tertiary/aromatic N) is 3. The monoisotopic (exact) mass is 371 g/mol. The zero-order valence-corrected chi connectivity index (χ0v) is 15.3. The Labute approximate surface area is 156 Å². The van der Waals surface area contributed by atoms with Gasteiger partial charge in [0.25, 0.3) is 0 Å². The van der Waals surface area contributed by atoms with Crippen LogP contribution in [0.1, 0.15) is 5.56 Å². The van der Waals surface area contributed by atoms with Crippen molar-refractivity contribution in [3.63, 3.8) is 0 Å². The molecule has 7 nitrogen and oxygen atoms in total. The number of hydrogen-bond donors (Lipinski definition) is 2. The Morgan fingerprint density at radius 1 is 0.962 bits per heavy atom. The van der Waals surface area contributed by atoms with Gasteiger partial charge in [-0.15, -0.1) is 5.10 Å². The molecule has 0 aliphatic rings. The van der Waals surface area contributed by atoms with Crippen LogP contribution in [0.2, 0.25) is 5.02 Å². The summed E-state index contributed by atoms with van der Waals surface area (Å²) in [6, 6.07) is 11.0. The second-order valence-corrected chi connectivity index (χ2v) is 5.88. The minimum Gasteiger partial charge on any atom is -0.497 e. The maximum Gasteiger partial charge on any atom is 0.249 e. The summed E-state index contributed by atoms with van der Waals surface area (Å²) in [6.07, 6.45) is 1.54. The fraction of sp³-hybridized carbons (Fsp3) is 0.167. The lowest BCUT2D eigenvalue weighted by molar-refractivity contribution is 0.395. The normalized spacial score (nSPS) is 10.3. The molecule has 0 amide bonds. The fourth-order valence-electron chi connectivity index (χ4n) is 2.31. The molecule has 8 heteroatoms. The van der Waals surface area contributed by atoms with Gasteiger partial charge in [0.2, 0.25) is 5.95 Å². The number of ether oxygens (including phenoxy) is 2. The number of rotatable bonds is 6. The highest BCUT2D eigenvalue weighted by atomic mass is 35.5. The van der Waals surface area contributed by atoms with E-state index in [4.69, 9.17) is 21.1 Å². The summed E-state index contributed by atoms with van der Waals surface area (Å²) < 4.78 is 10.6. The molecular formula is C18H18ClN5O2. The molecule has 26 heavy (non-hydrogen) atoms. The zero-order chi connectivity index (χ0) is 18.5. The molecule has 0 aliphatic heterocycles. The molecule has 0 atom stereocenters. The van der Waals surface area contributed by atoms with Gasteiger partial charge >= 0.3 is 0 Å². The van der Waals surface area contributed by atoms with Crippen molar-refractivity contribution in [2.75, 3.05) is 24.9 Å². The summed E-state index contributed by atoms with van der Waals surface area (Å²) in [5.74, 6) is 2.17. The van der Waals surface area contributed by atoms with Gasteiger partial charge in [-0.05, 0) is 36.8 Å². The van der Waals surface area contributed by atoms with Crippen molar-refractivity contribution in [2.45, 2.75) is 6.92 Å². The van der Waals surface area contributed by atoms with E-state index in [1.165, 1.54) is 6.20 Å². The quantitative estimate of drug-likeness (QED) is 0.667. The first kappa shape index (κ1) is 17.8. The maximum atomic E-state index is 6.05. The van der Waals surface area contributed by atoms with E-state index in [0.29, 0.717) is 34.0 Å². The van der Waals surface area contributed by atoms with Crippen LogP contribution in [0.25, 0.3) is 0 Å². The van der Waals surface area contributed by atoms with E-state index < -0.39 is 0 Å². The first-order valence-corrected chi connectivity index (χ1v) is 8.19. The zero-order valence-electron chi connectivity index (χ0n) is 14.6. The lowest BCUT2D eigenvalue weighted by atomic mass is 10.2. The van der Waals surface area contributed by atoms with Crippen LogP contribution in [0.15, 0.2) is 42.6 Å². The molecule has 0 unspecified atom stereocenters. The molecule has 0 spiro atoms. The summed E-state index contributed by atoms with van der Waals surface area (Å²) in [5.41, 5.74) is 2.59. The Hall–Kier alpha value is -3.06. The number of benzene rings is 2. The highest BCUT2D eigenvalue weighted by molar-refractivity contribution is 6.30. The molecule has 0 saturated heterocycles. The maximum absolute atomic E-state index is 6.05. The first-order chi connectivity index (χ1) is 12.6. The average molecular weight is 372 g/mol. The number of nitrogens with one attached hydrogen (secondary N) is 2. The van der Waals surface area contributed by atoms with Crippen LogP contribution in [0, 0.1) is 6.92 Å². The Kier molecular flexibility index (Phi) is 5.38. The third-order valence-electron chi connectivity index (χ3n) is 3.68. The fourth-order valence-corrected chi connectivity index (χ4v) is 2.48. The van der Waals surface area contributed by atoms with Crippen LogP contribution in [0.5, 0.6) is 11.5 Å². The lowest BCUT2D eigenvalue weighted by Crippen LogP contribution is -2.04. The van der Waals surface area contributed by atoms with Crippen LogP contribution in [0.4, 0.5) is 23.1 Å². The molecule has 1 aromatic heterocycles. The SMILES string of the molecule is COc1ccc(Nc2nncc(Nc3cc(Cl)ccc3C)n2)c(OC)c1. The van der Waals surface area contributed by atoms with Crippen LogP contribution in [-0.2, 0) is 0 Å². The van der Waals surface area contributed by atoms with Gasteiger partial charge in [0.15, 0.2) is 5.82 Å². The molecule has 2 aromatic carbocycles. The van der Waals surface area contributed by atoms with Gasteiger partial charge in [0, 0.05) is 16.8 Å². The van der Waals surface area contributed by atoms with E-state index in [0.717, 1.165) is 11.3 Å². The van der Waals surface area contributed by atoms with E-state index in [-0.39, 0.29) is 0 Å². The molecular weight excluding hydrogens is 354 g/mol. The van der Waals surface area contributed by atoms with E-state index in [1.807, 2.05) is 37.3 Å². The summed E-state index contributed by atoms with van der Waals surface area (Å²) in [5, 5.41) is 14.9. The Morgan fingerprint density at radius 2 is 1.81 bits per heavy atom. The predicted octanol–water partition coefficient (Wildman–Crippen LogP) is 4.34. The number of anilines is 4. The van der Waals surface area contributed by atoms with E-state index in [1.54, 1.807) is 20.3 Å². The van der Waals surface area contributed by atoms with Crippen LogP contribution in [-0.4, -0.2) is 29.4 Å². The van der Waals surface area contributed by atoms with Gasteiger partial charge in [-0.3, -0.25) is 0 Å². The molecule has 0 bridgehead atoms. The Morgan fingerprint density at radius 3 is 2.58 bits per heavy atom. The Balaban J connectivity index is 1.83. The van der Waals surface area contributed by atoms with E-state index in [2.05, 4.69) is 25.8 Å². The van der Waals surface area contributed by atoms with E-state index >= 15 is 0 Å². The molecule has 2 N–H and O–H groups in total. The summed E-state index contributed by atoms with van der Waals surface area (Å²) in [7, 11) is 3.18. The van der Waals surface area contributed by atoms with Crippen molar-refractivity contribution in [1.29, 1.82) is 0 Å². The van der Waals surface area contributed by atoms with Crippen molar-refractivity contribution in [2.24, 2.45) is 0 Å². The largest absolute Gasteiger partial charge is 0.497 e. The third-order valence-corrected chi connectivity index (χ3v) is 3.91. The standard InChI is InChI=1S/C18H18ClN5O2/c1-11-4-5-12(19)8-15(11)21-17-10-20-24-18(23-17)22-14-7-6-13(25-2)9-16(14)26-3/h4-10H,1-3H3,(H2,21,22,23,24). The highest BCUT2D eigenvalue weighted by Gasteiger charge is 2.09. The summed E-state index contributed by atoms with van der Waals surface area (Å²) in [4.78, 5) is 4.43. The molecule has 0 fully saturated rings. The number of aromatic nitrogens is 3. The number of methoxy groups -OCH3 is 2. The van der Waals surface area contributed by atoms with Crippen LogP contribution in [0.3, 0.4) is 0 Å². The van der Waals surface area contributed by atoms with Crippen molar-refractivity contribution >= 4 is 34.7 Å². The number of hydrogen-bond acceptors (Lipinski definition) is 7. The topological polar surface area (TPSA) is 81.2 Å². The molecule has 0 saturated carbocycles. The smallest absolute Gasteiger partial charge is 0.249 e. The van der Waals surface area contributed by atoms with Gasteiger partial charge in [0.1, 0.15) is 11.5 Å². The molecule has 0 radical (unpaired) electrons. The third kappa shape index (κ3) is 4.12. The van der Waals surface area contributed by atoms with Gasteiger partial charge < -0.3 is 20.1 Å². The number of halogens is 1. The van der Waals surface area contributed by atoms with Gasteiger partial charge in [0.05, 0.1) is 26.1 Å². The second kappa shape index (κ2) is 7.88. The minimum atomic E-state index is 0.332. The highest BCUT2D eigenvalue weighted by Crippen LogP contribution is 2.31. The Bertz CT molecular complexity index is 920. The molecule has 0 aliphatic carbocycles. The van der Waals surface area contributed by atoms with Crippen molar-refractivity contribution in [3.8, 4) is 11.5 Å². The van der Waals surface area contributed by atoms with Crippen LogP contribution >= 0.6 is 11.6 Å². The number of aryl methyl sites for hydroxylation is 1. The van der Waals surface area contributed by atoms with Gasteiger partial charge in [-0.25, -0.2) is 0 Å².